The van der Waals surface area contributed by atoms with Crippen LogP contribution in [0.3, 0.4) is 0 Å². The van der Waals surface area contributed by atoms with Gasteiger partial charge in [-0.05, 0) is 50.3 Å². The molecule has 1 atom stereocenters. The van der Waals surface area contributed by atoms with Gasteiger partial charge in [-0.25, -0.2) is 0 Å². The molecule has 2 aromatic rings. The summed E-state index contributed by atoms with van der Waals surface area (Å²) in [4.78, 5) is 21.9. The number of fused-ring (bicyclic) bond motifs is 1. The third-order valence-corrected chi connectivity index (χ3v) is 6.12. The van der Waals surface area contributed by atoms with E-state index < -0.39 is 0 Å². The number of hydrogen-bond donors (Lipinski definition) is 1. The van der Waals surface area contributed by atoms with Gasteiger partial charge in [-0.15, -0.1) is 0 Å². The van der Waals surface area contributed by atoms with Crippen molar-refractivity contribution in [3.8, 4) is 0 Å². The van der Waals surface area contributed by atoms with Crippen LogP contribution in [0.5, 0.6) is 0 Å². The Morgan fingerprint density at radius 1 is 1.19 bits per heavy atom. The number of nitrogens with two attached hydrogens (primary N) is 1. The van der Waals surface area contributed by atoms with Crippen LogP contribution in [-0.4, -0.2) is 53.4 Å². The zero-order chi connectivity index (χ0) is 18.8. The summed E-state index contributed by atoms with van der Waals surface area (Å²) in [7, 11) is 0. The van der Waals surface area contributed by atoms with Crippen molar-refractivity contribution in [3.05, 3.63) is 36.0 Å². The first-order valence-corrected chi connectivity index (χ1v) is 10.3. The molecule has 1 aromatic heterocycles. The fraction of sp³-hybridized carbons (Fsp3) is 0.545. The molecule has 2 aliphatic heterocycles. The summed E-state index contributed by atoms with van der Waals surface area (Å²) in [5, 5.41) is 1.09. The Morgan fingerprint density at radius 2 is 1.96 bits per heavy atom. The van der Waals surface area contributed by atoms with Crippen molar-refractivity contribution in [3.63, 3.8) is 0 Å². The summed E-state index contributed by atoms with van der Waals surface area (Å²) < 4.78 is 0. The van der Waals surface area contributed by atoms with E-state index in [4.69, 9.17) is 10.7 Å². The van der Waals surface area contributed by atoms with Crippen LogP contribution in [0.1, 0.15) is 44.2 Å². The summed E-state index contributed by atoms with van der Waals surface area (Å²) >= 11 is 0. The second-order valence-electron chi connectivity index (χ2n) is 8.29. The molecule has 0 unspecified atom stereocenters. The molecule has 0 aliphatic carbocycles. The highest BCUT2D eigenvalue weighted by Crippen LogP contribution is 2.32. The maximum Gasteiger partial charge on any atom is 0.236 e. The minimum absolute atomic E-state index is 0.280. The van der Waals surface area contributed by atoms with E-state index in [0.717, 1.165) is 61.3 Å². The van der Waals surface area contributed by atoms with Gasteiger partial charge in [-0.2, -0.15) is 0 Å². The second kappa shape index (κ2) is 7.85. The highest BCUT2D eigenvalue weighted by molar-refractivity contribution is 5.82. The topological polar surface area (TPSA) is 62.5 Å². The predicted octanol–water partition coefficient (Wildman–Crippen LogP) is 3.25. The van der Waals surface area contributed by atoms with Gasteiger partial charge in [0.1, 0.15) is 0 Å². The molecule has 5 heteroatoms. The molecule has 0 bridgehead atoms. The molecule has 2 N–H and O–H groups in total. The number of benzene rings is 1. The molecule has 3 heterocycles. The molecule has 5 nitrogen and oxygen atoms in total. The van der Waals surface area contributed by atoms with E-state index in [1.54, 1.807) is 0 Å². The molecule has 0 radical (unpaired) electrons. The van der Waals surface area contributed by atoms with Gasteiger partial charge in [0.15, 0.2) is 0 Å². The number of para-hydroxylation sites is 1. The van der Waals surface area contributed by atoms with E-state index in [0.29, 0.717) is 18.4 Å². The molecule has 1 amide bonds. The maximum absolute atomic E-state index is 12.7. The highest BCUT2D eigenvalue weighted by atomic mass is 16.2. The van der Waals surface area contributed by atoms with Gasteiger partial charge < -0.3 is 10.6 Å². The summed E-state index contributed by atoms with van der Waals surface area (Å²) in [5.41, 5.74) is 9.08. The third-order valence-electron chi connectivity index (χ3n) is 6.12. The standard InChI is InChI=1S/C22H30N4O/c1-16-5-4-10-25(14-16)15-21(27)26-11-8-17(9-12-26)22-19(23)13-18-6-2-3-7-20(18)24-22/h2-3,6-7,13,16-17H,4-5,8-12,14-15,23H2,1H3/t16-/m0/s1. The van der Waals surface area contributed by atoms with Gasteiger partial charge in [0.2, 0.25) is 5.91 Å². The average molecular weight is 367 g/mol. The number of hydrogen-bond acceptors (Lipinski definition) is 4. The SMILES string of the molecule is C[C@H]1CCCN(CC(=O)N2CCC(c3nc4ccccc4cc3N)CC2)C1. The van der Waals surface area contributed by atoms with E-state index >= 15 is 0 Å². The number of pyridine rings is 1. The Hall–Kier alpha value is -2.14. The van der Waals surface area contributed by atoms with Crippen LogP contribution < -0.4 is 5.73 Å². The molecule has 0 spiro atoms. The fourth-order valence-electron chi connectivity index (χ4n) is 4.60. The fourth-order valence-corrected chi connectivity index (χ4v) is 4.60. The summed E-state index contributed by atoms with van der Waals surface area (Å²) in [6.45, 7) is 6.58. The van der Waals surface area contributed by atoms with Crippen LogP contribution in [0.25, 0.3) is 10.9 Å². The number of aromatic nitrogens is 1. The number of carbonyl (C=O) groups is 1. The monoisotopic (exact) mass is 366 g/mol. The smallest absolute Gasteiger partial charge is 0.236 e. The quantitative estimate of drug-likeness (QED) is 0.906. The number of piperidine rings is 2. The maximum atomic E-state index is 12.7. The summed E-state index contributed by atoms with van der Waals surface area (Å²) in [5.74, 6) is 1.33. The van der Waals surface area contributed by atoms with Crippen molar-refractivity contribution < 1.29 is 4.79 Å². The zero-order valence-corrected chi connectivity index (χ0v) is 16.2. The Bertz CT molecular complexity index is 813. The van der Waals surface area contributed by atoms with E-state index in [9.17, 15) is 4.79 Å². The van der Waals surface area contributed by atoms with Gasteiger partial charge in [0, 0.05) is 30.9 Å². The number of amides is 1. The molecule has 27 heavy (non-hydrogen) atoms. The lowest BCUT2D eigenvalue weighted by Crippen LogP contribution is -2.46. The van der Waals surface area contributed by atoms with E-state index in [1.165, 1.54) is 12.8 Å². The minimum atomic E-state index is 0.280. The first-order valence-electron chi connectivity index (χ1n) is 10.3. The molecule has 4 rings (SSSR count). The van der Waals surface area contributed by atoms with Gasteiger partial charge in [-0.3, -0.25) is 14.7 Å². The van der Waals surface area contributed by atoms with E-state index in [-0.39, 0.29) is 5.91 Å². The molecule has 0 saturated carbocycles. The number of likely N-dealkylation sites (tertiary alicyclic amines) is 2. The van der Waals surface area contributed by atoms with E-state index in [1.807, 2.05) is 35.2 Å². The lowest BCUT2D eigenvalue weighted by Gasteiger charge is -2.35. The van der Waals surface area contributed by atoms with Crippen molar-refractivity contribution in [2.75, 3.05) is 38.5 Å². The largest absolute Gasteiger partial charge is 0.397 e. The molecule has 2 saturated heterocycles. The van der Waals surface area contributed by atoms with Crippen LogP contribution in [0.15, 0.2) is 30.3 Å². The van der Waals surface area contributed by atoms with Gasteiger partial charge >= 0.3 is 0 Å². The number of nitrogen functional groups attached to an aromatic ring is 1. The number of anilines is 1. The lowest BCUT2D eigenvalue weighted by molar-refractivity contribution is -0.133. The Labute approximate surface area is 161 Å². The highest BCUT2D eigenvalue weighted by Gasteiger charge is 2.27. The lowest BCUT2D eigenvalue weighted by atomic mass is 9.91. The molecule has 144 valence electrons. The van der Waals surface area contributed by atoms with Gasteiger partial charge in [0.05, 0.1) is 23.4 Å². The molecule has 2 aliphatic rings. The molecular weight excluding hydrogens is 336 g/mol. The molecule has 2 fully saturated rings. The molecule has 1 aromatic carbocycles. The van der Waals surface area contributed by atoms with Gasteiger partial charge in [0.25, 0.3) is 0 Å². The Kier molecular flexibility index (Phi) is 5.30. The second-order valence-corrected chi connectivity index (χ2v) is 8.29. The summed E-state index contributed by atoms with van der Waals surface area (Å²) in [6.07, 6.45) is 4.38. The van der Waals surface area contributed by atoms with Crippen molar-refractivity contribution in [2.24, 2.45) is 5.92 Å². The van der Waals surface area contributed by atoms with Crippen molar-refractivity contribution >= 4 is 22.5 Å². The van der Waals surface area contributed by atoms with Crippen molar-refractivity contribution in [1.82, 2.24) is 14.8 Å². The van der Waals surface area contributed by atoms with Crippen LogP contribution in [0, 0.1) is 5.92 Å². The molecular formula is C22H30N4O. The van der Waals surface area contributed by atoms with Crippen LogP contribution in [-0.2, 0) is 4.79 Å². The first-order chi connectivity index (χ1) is 13.1. The Morgan fingerprint density at radius 3 is 2.74 bits per heavy atom. The predicted molar refractivity (Wildman–Crippen MR) is 110 cm³/mol. The minimum Gasteiger partial charge on any atom is -0.397 e. The normalized spacial score (nSPS) is 22.3. The third kappa shape index (κ3) is 4.08. The zero-order valence-electron chi connectivity index (χ0n) is 16.2. The van der Waals surface area contributed by atoms with Crippen molar-refractivity contribution in [2.45, 2.75) is 38.5 Å². The first kappa shape index (κ1) is 18.2. The van der Waals surface area contributed by atoms with Crippen molar-refractivity contribution in [1.29, 1.82) is 0 Å². The van der Waals surface area contributed by atoms with Crippen LogP contribution >= 0.6 is 0 Å². The average Bonchev–Trinajstić information content (AvgIpc) is 2.67. The van der Waals surface area contributed by atoms with Crippen LogP contribution in [0.2, 0.25) is 0 Å². The number of nitrogens with zero attached hydrogens (tertiary/aromatic N) is 3. The number of carbonyl (C=O) groups excluding carboxylic acids is 1. The Balaban J connectivity index is 1.37. The van der Waals surface area contributed by atoms with E-state index in [2.05, 4.69) is 11.8 Å². The number of rotatable bonds is 3. The summed E-state index contributed by atoms with van der Waals surface area (Å²) in [6, 6.07) is 10.1. The van der Waals surface area contributed by atoms with Crippen LogP contribution in [0.4, 0.5) is 5.69 Å². The van der Waals surface area contributed by atoms with Gasteiger partial charge in [-0.1, -0.05) is 25.1 Å².